The van der Waals surface area contributed by atoms with E-state index < -0.39 is 0 Å². The molecular formula is C21H18ClN3O4. The third-order valence-electron chi connectivity index (χ3n) is 4.65. The topological polar surface area (TPSA) is 79.4 Å². The average molecular weight is 412 g/mol. The molecule has 0 saturated heterocycles. The number of fused-ring (bicyclic) bond motifs is 1. The van der Waals surface area contributed by atoms with Crippen LogP contribution in [0.3, 0.4) is 0 Å². The Labute approximate surface area is 171 Å². The monoisotopic (exact) mass is 411 g/mol. The van der Waals surface area contributed by atoms with Crippen LogP contribution in [0.2, 0.25) is 5.02 Å². The molecule has 0 aliphatic carbocycles. The zero-order chi connectivity index (χ0) is 20.5. The second-order valence-corrected chi connectivity index (χ2v) is 6.92. The molecule has 29 heavy (non-hydrogen) atoms. The van der Waals surface area contributed by atoms with Crippen molar-refractivity contribution in [1.29, 1.82) is 0 Å². The Bertz CT molecular complexity index is 1250. The van der Waals surface area contributed by atoms with Crippen LogP contribution in [-0.2, 0) is 6.54 Å². The van der Waals surface area contributed by atoms with Crippen molar-refractivity contribution < 1.29 is 14.0 Å². The number of aryl methyl sites for hydroxylation is 1. The molecule has 0 aliphatic heterocycles. The summed E-state index contributed by atoms with van der Waals surface area (Å²) >= 11 is 5.96. The highest BCUT2D eigenvalue weighted by atomic mass is 35.5. The number of rotatable bonds is 5. The normalized spacial score (nSPS) is 11.0. The Morgan fingerprint density at radius 1 is 1.07 bits per heavy atom. The second-order valence-electron chi connectivity index (χ2n) is 6.48. The van der Waals surface area contributed by atoms with Gasteiger partial charge in [-0.2, -0.15) is 5.10 Å². The summed E-state index contributed by atoms with van der Waals surface area (Å²) in [5, 5.41) is 9.58. The van der Waals surface area contributed by atoms with Crippen molar-refractivity contribution in [3.8, 4) is 22.8 Å². The minimum atomic E-state index is -0.266. The number of hydrogen-bond donors (Lipinski definition) is 0. The van der Waals surface area contributed by atoms with Crippen LogP contribution in [0.4, 0.5) is 0 Å². The van der Waals surface area contributed by atoms with Gasteiger partial charge in [-0.05, 0) is 42.8 Å². The van der Waals surface area contributed by atoms with Crippen LogP contribution in [0.25, 0.3) is 22.2 Å². The van der Waals surface area contributed by atoms with Crippen molar-refractivity contribution in [2.24, 2.45) is 0 Å². The van der Waals surface area contributed by atoms with Crippen LogP contribution in [0.15, 0.2) is 51.8 Å². The molecule has 8 heteroatoms. The number of nitrogens with zero attached hydrogens (tertiary/aromatic N) is 3. The smallest absolute Gasteiger partial charge is 0.280 e. The molecule has 0 saturated carbocycles. The molecule has 7 nitrogen and oxygen atoms in total. The van der Waals surface area contributed by atoms with Crippen LogP contribution >= 0.6 is 11.6 Å². The largest absolute Gasteiger partial charge is 0.493 e. The van der Waals surface area contributed by atoms with Gasteiger partial charge in [-0.3, -0.25) is 4.79 Å². The average Bonchev–Trinajstić information content (AvgIpc) is 3.13. The van der Waals surface area contributed by atoms with E-state index >= 15 is 0 Å². The number of hydrogen-bond acceptors (Lipinski definition) is 6. The molecule has 148 valence electrons. The summed E-state index contributed by atoms with van der Waals surface area (Å²) < 4.78 is 17.6. The minimum absolute atomic E-state index is 0.266. The van der Waals surface area contributed by atoms with Gasteiger partial charge in [0.05, 0.1) is 26.5 Å². The van der Waals surface area contributed by atoms with Gasteiger partial charge < -0.3 is 14.0 Å². The predicted molar refractivity (Wildman–Crippen MR) is 110 cm³/mol. The van der Waals surface area contributed by atoms with E-state index in [2.05, 4.69) is 10.3 Å². The lowest BCUT2D eigenvalue weighted by Gasteiger charge is -2.11. The molecule has 0 aliphatic rings. The van der Waals surface area contributed by atoms with Crippen molar-refractivity contribution in [1.82, 2.24) is 14.9 Å². The number of halogens is 1. The molecule has 4 rings (SSSR count). The Balaban J connectivity index is 1.91. The first-order valence-electron chi connectivity index (χ1n) is 8.85. The summed E-state index contributed by atoms with van der Waals surface area (Å²) in [7, 11) is 3.13. The van der Waals surface area contributed by atoms with Gasteiger partial charge in [0, 0.05) is 10.6 Å². The van der Waals surface area contributed by atoms with Crippen LogP contribution < -0.4 is 15.0 Å². The Hall–Kier alpha value is -3.32. The number of methoxy groups -OCH3 is 2. The standard InChI is InChI=1S/C21H18ClN3O4/c1-12-18-20(29-24-12)19(14-6-9-16(27-2)17(10-14)28-3)23-25(21(18)26)11-13-4-7-15(22)8-5-13/h4-10H,11H2,1-3H3. The highest BCUT2D eigenvalue weighted by molar-refractivity contribution is 6.30. The lowest BCUT2D eigenvalue weighted by Crippen LogP contribution is -2.24. The van der Waals surface area contributed by atoms with Crippen molar-refractivity contribution in [3.63, 3.8) is 0 Å². The minimum Gasteiger partial charge on any atom is -0.493 e. The molecule has 4 aromatic rings. The molecule has 0 atom stereocenters. The quantitative estimate of drug-likeness (QED) is 0.492. The Morgan fingerprint density at radius 3 is 2.48 bits per heavy atom. The maximum absolute atomic E-state index is 13.0. The molecule has 2 aromatic heterocycles. The van der Waals surface area contributed by atoms with E-state index in [1.807, 2.05) is 18.2 Å². The van der Waals surface area contributed by atoms with Gasteiger partial charge in [-0.15, -0.1) is 0 Å². The van der Waals surface area contributed by atoms with E-state index in [0.29, 0.717) is 44.4 Å². The van der Waals surface area contributed by atoms with E-state index in [4.69, 9.17) is 25.6 Å². The highest BCUT2D eigenvalue weighted by Gasteiger charge is 2.20. The summed E-state index contributed by atoms with van der Waals surface area (Å²) in [5.41, 5.74) is 2.70. The fourth-order valence-corrected chi connectivity index (χ4v) is 3.29. The maximum Gasteiger partial charge on any atom is 0.280 e. The van der Waals surface area contributed by atoms with E-state index in [-0.39, 0.29) is 12.1 Å². The Morgan fingerprint density at radius 2 is 1.79 bits per heavy atom. The van der Waals surface area contributed by atoms with Gasteiger partial charge in [-0.25, -0.2) is 4.68 Å². The SMILES string of the molecule is COc1ccc(-c2nn(Cc3ccc(Cl)cc3)c(=O)c3c(C)noc23)cc1OC. The van der Waals surface area contributed by atoms with Crippen molar-refractivity contribution >= 4 is 22.6 Å². The summed E-state index contributed by atoms with van der Waals surface area (Å²) in [6.45, 7) is 2.02. The Kier molecular flexibility index (Phi) is 4.98. The fraction of sp³-hybridized carbons (Fsp3) is 0.190. The van der Waals surface area contributed by atoms with Gasteiger partial charge in [0.15, 0.2) is 11.5 Å². The van der Waals surface area contributed by atoms with E-state index in [0.717, 1.165) is 5.56 Å². The zero-order valence-electron chi connectivity index (χ0n) is 16.1. The maximum atomic E-state index is 13.0. The van der Waals surface area contributed by atoms with Crippen molar-refractivity contribution in [3.05, 3.63) is 69.1 Å². The van der Waals surface area contributed by atoms with E-state index in [9.17, 15) is 4.79 Å². The molecule has 2 aromatic carbocycles. The molecule has 0 amide bonds. The third-order valence-corrected chi connectivity index (χ3v) is 4.90. The van der Waals surface area contributed by atoms with Crippen LogP contribution in [0.1, 0.15) is 11.3 Å². The summed E-state index contributed by atoms with van der Waals surface area (Å²) in [5.74, 6) is 1.14. The van der Waals surface area contributed by atoms with Crippen LogP contribution in [0, 0.1) is 6.92 Å². The van der Waals surface area contributed by atoms with Crippen LogP contribution in [-0.4, -0.2) is 29.2 Å². The highest BCUT2D eigenvalue weighted by Crippen LogP contribution is 2.34. The fourth-order valence-electron chi connectivity index (χ4n) is 3.17. The van der Waals surface area contributed by atoms with Gasteiger partial charge in [-0.1, -0.05) is 28.9 Å². The number of benzene rings is 2. The summed E-state index contributed by atoms with van der Waals surface area (Å²) in [4.78, 5) is 13.0. The molecule has 0 spiro atoms. The van der Waals surface area contributed by atoms with Crippen molar-refractivity contribution in [2.45, 2.75) is 13.5 Å². The lowest BCUT2D eigenvalue weighted by molar-refractivity contribution is 0.355. The molecular weight excluding hydrogens is 394 g/mol. The van der Waals surface area contributed by atoms with Gasteiger partial charge in [0.1, 0.15) is 11.1 Å². The van der Waals surface area contributed by atoms with Gasteiger partial charge in [0.25, 0.3) is 5.56 Å². The van der Waals surface area contributed by atoms with E-state index in [1.54, 1.807) is 45.4 Å². The second kappa shape index (κ2) is 7.60. The van der Waals surface area contributed by atoms with Crippen molar-refractivity contribution in [2.75, 3.05) is 14.2 Å². The number of ether oxygens (including phenoxy) is 2. The predicted octanol–water partition coefficient (Wildman–Crippen LogP) is 4.08. The first-order chi connectivity index (χ1) is 14.0. The summed E-state index contributed by atoms with van der Waals surface area (Å²) in [6.07, 6.45) is 0. The van der Waals surface area contributed by atoms with Crippen LogP contribution in [0.5, 0.6) is 11.5 Å². The molecule has 0 bridgehead atoms. The zero-order valence-corrected chi connectivity index (χ0v) is 16.9. The van der Waals surface area contributed by atoms with Gasteiger partial charge in [0.2, 0.25) is 5.58 Å². The molecule has 0 radical (unpaired) electrons. The molecule has 0 fully saturated rings. The first-order valence-corrected chi connectivity index (χ1v) is 9.23. The van der Waals surface area contributed by atoms with Gasteiger partial charge >= 0.3 is 0 Å². The lowest BCUT2D eigenvalue weighted by atomic mass is 10.1. The third kappa shape index (κ3) is 3.45. The van der Waals surface area contributed by atoms with E-state index in [1.165, 1.54) is 4.68 Å². The number of aromatic nitrogens is 3. The molecule has 2 heterocycles. The molecule has 0 N–H and O–H groups in total. The first kappa shape index (κ1) is 19.0. The molecule has 0 unspecified atom stereocenters. The summed E-state index contributed by atoms with van der Waals surface area (Å²) in [6, 6.07) is 12.7.